The fourth-order valence-corrected chi connectivity index (χ4v) is 2.29. The van der Waals surface area contributed by atoms with E-state index in [4.69, 9.17) is 14.0 Å². The van der Waals surface area contributed by atoms with Gasteiger partial charge in [-0.3, -0.25) is 4.79 Å². The van der Waals surface area contributed by atoms with Crippen LogP contribution in [0.5, 0.6) is 11.5 Å². The Morgan fingerprint density at radius 2 is 2.00 bits per heavy atom. The van der Waals surface area contributed by atoms with Crippen LogP contribution in [-0.2, 0) is 11.3 Å². The summed E-state index contributed by atoms with van der Waals surface area (Å²) in [5.74, 6) is 2.35. The van der Waals surface area contributed by atoms with Gasteiger partial charge < -0.3 is 24.2 Å². The van der Waals surface area contributed by atoms with Gasteiger partial charge in [-0.05, 0) is 25.1 Å². The summed E-state index contributed by atoms with van der Waals surface area (Å²) in [6, 6.07) is 7.42. The van der Waals surface area contributed by atoms with E-state index < -0.39 is 0 Å². The van der Waals surface area contributed by atoms with Gasteiger partial charge in [0.05, 0.1) is 21.3 Å². The van der Waals surface area contributed by atoms with Crippen molar-refractivity contribution >= 4 is 11.7 Å². The third-order valence-electron chi connectivity index (χ3n) is 3.31. The number of benzene rings is 1. The lowest BCUT2D eigenvalue weighted by molar-refractivity contribution is -0.885. The molecule has 124 valence electrons. The Morgan fingerprint density at radius 1 is 1.26 bits per heavy atom. The molecule has 1 atom stereocenters. The Morgan fingerprint density at radius 3 is 2.61 bits per heavy atom. The third-order valence-corrected chi connectivity index (χ3v) is 3.31. The van der Waals surface area contributed by atoms with Crippen molar-refractivity contribution in [3.05, 3.63) is 35.6 Å². The lowest BCUT2D eigenvalue weighted by Crippen LogP contribution is -3.08. The molecular weight excluding hydrogens is 298 g/mol. The van der Waals surface area contributed by atoms with Crippen LogP contribution in [0.2, 0.25) is 0 Å². The zero-order valence-electron chi connectivity index (χ0n) is 13.8. The first-order chi connectivity index (χ1) is 11.0. The van der Waals surface area contributed by atoms with Crippen LogP contribution in [0.4, 0.5) is 5.82 Å². The summed E-state index contributed by atoms with van der Waals surface area (Å²) in [5, 5.41) is 6.45. The highest BCUT2D eigenvalue weighted by atomic mass is 16.5. The Kier molecular flexibility index (Phi) is 5.59. The SMILES string of the molecule is COc1ccc(C[NH+](C)CC(=O)Nc2cc(C)on2)cc1OC. The average molecular weight is 320 g/mol. The number of nitrogens with one attached hydrogen (secondary N) is 2. The van der Waals surface area contributed by atoms with Crippen molar-refractivity contribution in [1.29, 1.82) is 0 Å². The summed E-state index contributed by atoms with van der Waals surface area (Å²) in [6.45, 7) is 2.78. The van der Waals surface area contributed by atoms with Gasteiger partial charge >= 0.3 is 0 Å². The van der Waals surface area contributed by atoms with Crippen LogP contribution in [0.25, 0.3) is 0 Å². The molecule has 7 heteroatoms. The minimum Gasteiger partial charge on any atom is -0.493 e. The second kappa shape index (κ2) is 7.64. The molecule has 0 saturated carbocycles. The van der Waals surface area contributed by atoms with Crippen LogP contribution in [-0.4, -0.2) is 38.9 Å². The molecule has 2 aromatic rings. The Balaban J connectivity index is 1.91. The maximum atomic E-state index is 12.0. The number of rotatable bonds is 7. The molecule has 2 N–H and O–H groups in total. The van der Waals surface area contributed by atoms with E-state index in [9.17, 15) is 4.79 Å². The van der Waals surface area contributed by atoms with Crippen molar-refractivity contribution in [3.8, 4) is 11.5 Å². The van der Waals surface area contributed by atoms with Gasteiger partial charge in [0.1, 0.15) is 12.3 Å². The molecule has 0 radical (unpaired) electrons. The maximum Gasteiger partial charge on any atom is 0.280 e. The molecule has 1 aromatic carbocycles. The lowest BCUT2D eigenvalue weighted by atomic mass is 10.2. The summed E-state index contributed by atoms with van der Waals surface area (Å²) in [6.07, 6.45) is 0. The van der Waals surface area contributed by atoms with Crippen molar-refractivity contribution < 1.29 is 23.7 Å². The third kappa shape index (κ3) is 4.72. The Bertz CT molecular complexity index is 669. The number of carbonyl (C=O) groups excluding carboxylic acids is 1. The monoisotopic (exact) mass is 320 g/mol. The summed E-state index contributed by atoms with van der Waals surface area (Å²) in [5.41, 5.74) is 1.06. The molecule has 1 unspecified atom stereocenters. The summed E-state index contributed by atoms with van der Waals surface area (Å²) in [7, 11) is 5.15. The van der Waals surface area contributed by atoms with E-state index in [2.05, 4.69) is 10.5 Å². The number of methoxy groups -OCH3 is 2. The molecule has 1 amide bonds. The van der Waals surface area contributed by atoms with Gasteiger partial charge in [-0.25, -0.2) is 0 Å². The highest BCUT2D eigenvalue weighted by Crippen LogP contribution is 2.27. The van der Waals surface area contributed by atoms with Crippen molar-refractivity contribution in [2.24, 2.45) is 0 Å². The quantitative estimate of drug-likeness (QED) is 0.783. The molecule has 0 spiro atoms. The molecular formula is C16H22N3O4+. The van der Waals surface area contributed by atoms with Crippen molar-refractivity contribution in [1.82, 2.24) is 5.16 Å². The minimum atomic E-state index is -0.115. The first-order valence-electron chi connectivity index (χ1n) is 7.27. The fourth-order valence-electron chi connectivity index (χ4n) is 2.29. The van der Waals surface area contributed by atoms with Gasteiger partial charge in [0.2, 0.25) is 0 Å². The van der Waals surface area contributed by atoms with E-state index in [0.29, 0.717) is 36.2 Å². The smallest absolute Gasteiger partial charge is 0.280 e. The first kappa shape index (κ1) is 16.8. The van der Waals surface area contributed by atoms with E-state index in [1.54, 1.807) is 27.2 Å². The average Bonchev–Trinajstić information content (AvgIpc) is 2.91. The zero-order chi connectivity index (χ0) is 16.8. The van der Waals surface area contributed by atoms with Gasteiger partial charge in [0, 0.05) is 11.6 Å². The van der Waals surface area contributed by atoms with Crippen molar-refractivity contribution in [2.45, 2.75) is 13.5 Å². The van der Waals surface area contributed by atoms with Gasteiger partial charge in [0.15, 0.2) is 23.9 Å². The van der Waals surface area contributed by atoms with Crippen LogP contribution in [0.3, 0.4) is 0 Å². The largest absolute Gasteiger partial charge is 0.493 e. The minimum absolute atomic E-state index is 0.115. The standard InChI is InChI=1S/C16H21N3O4/c1-11-7-15(18-23-11)17-16(20)10-19(2)9-12-5-6-13(21-3)14(8-12)22-4/h5-8H,9-10H2,1-4H3,(H,17,18,20)/p+1. The molecule has 0 fully saturated rings. The number of hydrogen-bond donors (Lipinski definition) is 2. The van der Waals surface area contributed by atoms with Crippen LogP contribution < -0.4 is 19.7 Å². The number of ether oxygens (including phenoxy) is 2. The molecule has 2 rings (SSSR count). The molecule has 0 bridgehead atoms. The first-order valence-corrected chi connectivity index (χ1v) is 7.27. The summed E-state index contributed by atoms with van der Waals surface area (Å²) >= 11 is 0. The lowest BCUT2D eigenvalue weighted by Gasteiger charge is -2.15. The highest BCUT2D eigenvalue weighted by Gasteiger charge is 2.14. The highest BCUT2D eigenvalue weighted by molar-refractivity contribution is 5.90. The number of carbonyl (C=O) groups is 1. The second-order valence-corrected chi connectivity index (χ2v) is 5.37. The van der Waals surface area contributed by atoms with Crippen LogP contribution >= 0.6 is 0 Å². The van der Waals surface area contributed by atoms with E-state index in [-0.39, 0.29) is 5.91 Å². The molecule has 0 aliphatic heterocycles. The van der Waals surface area contributed by atoms with Crippen LogP contribution in [0.15, 0.2) is 28.8 Å². The molecule has 0 saturated heterocycles. The van der Waals surface area contributed by atoms with E-state index in [0.717, 1.165) is 10.5 Å². The summed E-state index contributed by atoms with van der Waals surface area (Å²) < 4.78 is 15.4. The van der Waals surface area contributed by atoms with Crippen molar-refractivity contribution in [2.75, 3.05) is 33.1 Å². The van der Waals surface area contributed by atoms with Gasteiger partial charge in [-0.15, -0.1) is 0 Å². The number of aryl methyl sites for hydroxylation is 1. The number of likely N-dealkylation sites (N-methyl/N-ethyl adjacent to an activating group) is 1. The maximum absolute atomic E-state index is 12.0. The molecule has 0 aliphatic rings. The number of hydrogen-bond acceptors (Lipinski definition) is 5. The normalized spacial score (nSPS) is 11.8. The molecule has 7 nitrogen and oxygen atoms in total. The number of anilines is 1. The van der Waals surface area contributed by atoms with E-state index in [1.165, 1.54) is 0 Å². The number of amides is 1. The fraction of sp³-hybridized carbons (Fsp3) is 0.375. The van der Waals surface area contributed by atoms with E-state index in [1.807, 2.05) is 25.2 Å². The van der Waals surface area contributed by atoms with Crippen molar-refractivity contribution in [3.63, 3.8) is 0 Å². The van der Waals surface area contributed by atoms with Gasteiger partial charge in [-0.1, -0.05) is 5.16 Å². The number of quaternary nitrogens is 1. The summed E-state index contributed by atoms with van der Waals surface area (Å²) in [4.78, 5) is 13.0. The van der Waals surface area contributed by atoms with Crippen LogP contribution in [0, 0.1) is 6.92 Å². The Labute approximate surface area is 135 Å². The predicted molar refractivity (Wildman–Crippen MR) is 84.9 cm³/mol. The predicted octanol–water partition coefficient (Wildman–Crippen LogP) is 0.654. The topological polar surface area (TPSA) is 78.0 Å². The van der Waals surface area contributed by atoms with Gasteiger partial charge in [-0.2, -0.15) is 0 Å². The molecule has 0 aliphatic carbocycles. The number of aromatic nitrogens is 1. The molecule has 23 heavy (non-hydrogen) atoms. The molecule has 1 heterocycles. The zero-order valence-corrected chi connectivity index (χ0v) is 13.8. The van der Waals surface area contributed by atoms with E-state index >= 15 is 0 Å². The van der Waals surface area contributed by atoms with Gasteiger partial charge in [0.25, 0.3) is 5.91 Å². The van der Waals surface area contributed by atoms with Crippen LogP contribution in [0.1, 0.15) is 11.3 Å². The number of nitrogens with zero attached hydrogens (tertiary/aromatic N) is 1. The molecule has 1 aromatic heterocycles. The Hall–Kier alpha value is -2.54. The second-order valence-electron chi connectivity index (χ2n) is 5.37.